The summed E-state index contributed by atoms with van der Waals surface area (Å²) in [5.74, 6) is -0.411. The minimum atomic E-state index is -0.578. The number of nitrogens with one attached hydrogen (secondary N) is 2. The zero-order chi connectivity index (χ0) is 16.5. The average molecular weight is 361 g/mol. The highest BCUT2D eigenvalue weighted by Gasteiger charge is 2.26. The standard InChI is InChI=1S/C15H15N5O2S2/c21-13(14(22)17-9-3-4-9)16-6-5-10-8-24-15-18-12(19-20(10)15)11-2-1-7-23-11/h1-2,7-9H,3-6H2,(H,16,21)(H,17,22). The van der Waals surface area contributed by atoms with Crippen molar-refractivity contribution in [2.45, 2.75) is 25.3 Å². The zero-order valence-corrected chi connectivity index (χ0v) is 14.3. The lowest BCUT2D eigenvalue weighted by Gasteiger charge is -2.04. The van der Waals surface area contributed by atoms with Gasteiger partial charge in [0.1, 0.15) is 0 Å². The lowest BCUT2D eigenvalue weighted by molar-refractivity contribution is -0.139. The Hall–Kier alpha value is -2.26. The topological polar surface area (TPSA) is 88.4 Å². The van der Waals surface area contributed by atoms with Crippen molar-refractivity contribution in [3.63, 3.8) is 0 Å². The number of hydrogen-bond acceptors (Lipinski definition) is 6. The Morgan fingerprint density at radius 1 is 1.29 bits per heavy atom. The molecule has 0 radical (unpaired) electrons. The van der Waals surface area contributed by atoms with Crippen LogP contribution in [0.5, 0.6) is 0 Å². The van der Waals surface area contributed by atoms with E-state index in [1.807, 2.05) is 22.9 Å². The van der Waals surface area contributed by atoms with Crippen molar-refractivity contribution in [3.8, 4) is 10.7 Å². The molecule has 1 fully saturated rings. The third-order valence-corrected chi connectivity index (χ3v) is 5.41. The fourth-order valence-electron chi connectivity index (χ4n) is 2.27. The zero-order valence-electron chi connectivity index (χ0n) is 12.7. The number of hydrogen-bond donors (Lipinski definition) is 2. The molecule has 0 aliphatic heterocycles. The van der Waals surface area contributed by atoms with E-state index < -0.39 is 11.8 Å². The van der Waals surface area contributed by atoms with Crippen LogP contribution < -0.4 is 10.6 Å². The van der Waals surface area contributed by atoms with E-state index in [2.05, 4.69) is 20.7 Å². The first-order valence-corrected chi connectivity index (χ1v) is 9.42. The van der Waals surface area contributed by atoms with Crippen LogP contribution >= 0.6 is 22.7 Å². The number of thiophene rings is 1. The number of fused-ring (bicyclic) bond motifs is 1. The molecule has 24 heavy (non-hydrogen) atoms. The van der Waals surface area contributed by atoms with Gasteiger partial charge in [-0.15, -0.1) is 27.8 Å². The van der Waals surface area contributed by atoms with E-state index in [-0.39, 0.29) is 6.04 Å². The largest absolute Gasteiger partial charge is 0.347 e. The number of aromatic nitrogens is 3. The molecule has 3 heterocycles. The second kappa shape index (κ2) is 6.33. The van der Waals surface area contributed by atoms with Gasteiger partial charge in [-0.1, -0.05) is 6.07 Å². The number of rotatable bonds is 5. The van der Waals surface area contributed by atoms with E-state index in [0.29, 0.717) is 18.8 Å². The molecule has 0 bridgehead atoms. The first-order valence-electron chi connectivity index (χ1n) is 7.66. The smallest absolute Gasteiger partial charge is 0.309 e. The van der Waals surface area contributed by atoms with Gasteiger partial charge in [-0.2, -0.15) is 4.98 Å². The molecule has 7 nitrogen and oxygen atoms in total. The Morgan fingerprint density at radius 2 is 2.17 bits per heavy atom. The number of carbonyl (C=O) groups excluding carboxylic acids is 2. The van der Waals surface area contributed by atoms with Crippen LogP contribution in [0.4, 0.5) is 0 Å². The van der Waals surface area contributed by atoms with Crippen LogP contribution in [0, 0.1) is 0 Å². The molecule has 0 saturated heterocycles. The highest BCUT2D eigenvalue weighted by atomic mass is 32.1. The van der Waals surface area contributed by atoms with Gasteiger partial charge in [0.25, 0.3) is 0 Å². The molecule has 2 N–H and O–H groups in total. The summed E-state index contributed by atoms with van der Waals surface area (Å²) in [5.41, 5.74) is 0.966. The van der Waals surface area contributed by atoms with E-state index in [1.165, 1.54) is 11.3 Å². The Bertz CT molecular complexity index is 879. The van der Waals surface area contributed by atoms with Gasteiger partial charge >= 0.3 is 11.8 Å². The van der Waals surface area contributed by atoms with Gasteiger partial charge in [0.15, 0.2) is 5.82 Å². The normalized spacial score (nSPS) is 14.0. The molecular formula is C15H15N5O2S2. The van der Waals surface area contributed by atoms with Crippen LogP contribution in [0.15, 0.2) is 22.9 Å². The van der Waals surface area contributed by atoms with Gasteiger partial charge in [-0.25, -0.2) is 4.52 Å². The SMILES string of the molecule is O=C(NCCc1csc2nc(-c3cccs3)nn12)C(=O)NC1CC1. The summed E-state index contributed by atoms with van der Waals surface area (Å²) in [6.45, 7) is 0.386. The van der Waals surface area contributed by atoms with E-state index in [0.717, 1.165) is 28.4 Å². The molecule has 0 unspecified atom stereocenters. The van der Waals surface area contributed by atoms with Crippen molar-refractivity contribution in [2.75, 3.05) is 6.54 Å². The molecule has 3 aromatic heterocycles. The molecule has 124 valence electrons. The van der Waals surface area contributed by atoms with E-state index >= 15 is 0 Å². The van der Waals surface area contributed by atoms with E-state index in [9.17, 15) is 9.59 Å². The van der Waals surface area contributed by atoms with Crippen LogP contribution in [-0.4, -0.2) is 39.0 Å². The first-order chi connectivity index (χ1) is 11.7. The molecule has 3 aromatic rings. The van der Waals surface area contributed by atoms with Crippen LogP contribution in [0.2, 0.25) is 0 Å². The maximum atomic E-state index is 11.7. The van der Waals surface area contributed by atoms with Crippen molar-refractivity contribution < 1.29 is 9.59 Å². The van der Waals surface area contributed by atoms with Gasteiger partial charge < -0.3 is 10.6 Å². The average Bonchev–Trinajstić information content (AvgIpc) is 2.99. The third-order valence-electron chi connectivity index (χ3n) is 3.68. The minimum absolute atomic E-state index is 0.186. The fraction of sp³-hybridized carbons (Fsp3) is 0.333. The monoisotopic (exact) mass is 361 g/mol. The second-order valence-electron chi connectivity index (χ2n) is 5.59. The number of thiazole rings is 1. The molecule has 0 aromatic carbocycles. The van der Waals surface area contributed by atoms with Gasteiger partial charge in [0.2, 0.25) is 4.96 Å². The summed E-state index contributed by atoms with van der Waals surface area (Å²) in [6.07, 6.45) is 2.52. The molecular weight excluding hydrogens is 346 g/mol. The van der Waals surface area contributed by atoms with Gasteiger partial charge in [-0.3, -0.25) is 9.59 Å². The number of amides is 2. The van der Waals surface area contributed by atoms with Gasteiger partial charge in [0, 0.05) is 24.4 Å². The number of carbonyl (C=O) groups is 2. The summed E-state index contributed by atoms with van der Waals surface area (Å²) < 4.78 is 1.80. The third kappa shape index (κ3) is 3.17. The molecule has 4 rings (SSSR count). The van der Waals surface area contributed by atoms with Crippen molar-refractivity contribution in [1.29, 1.82) is 0 Å². The highest BCUT2D eigenvalue weighted by molar-refractivity contribution is 7.15. The van der Waals surface area contributed by atoms with E-state index in [1.54, 1.807) is 15.9 Å². The lowest BCUT2D eigenvalue weighted by Crippen LogP contribution is -2.41. The summed E-state index contributed by atoms with van der Waals surface area (Å²) in [7, 11) is 0. The predicted octanol–water partition coefficient (Wildman–Crippen LogP) is 1.46. The molecule has 9 heteroatoms. The summed E-state index contributed by atoms with van der Waals surface area (Å²) >= 11 is 3.12. The number of nitrogens with zero attached hydrogens (tertiary/aromatic N) is 3. The Balaban J connectivity index is 1.37. The molecule has 0 spiro atoms. The van der Waals surface area contributed by atoms with Crippen LogP contribution in [0.1, 0.15) is 18.5 Å². The maximum absolute atomic E-state index is 11.7. The van der Waals surface area contributed by atoms with Crippen LogP contribution in [0.3, 0.4) is 0 Å². The molecule has 1 aliphatic rings. The molecule has 1 aliphatic carbocycles. The quantitative estimate of drug-likeness (QED) is 0.674. The minimum Gasteiger partial charge on any atom is -0.347 e. The Morgan fingerprint density at radius 3 is 2.92 bits per heavy atom. The van der Waals surface area contributed by atoms with Gasteiger partial charge in [0.05, 0.1) is 10.6 Å². The van der Waals surface area contributed by atoms with Crippen molar-refractivity contribution in [3.05, 3.63) is 28.6 Å². The lowest BCUT2D eigenvalue weighted by atomic mass is 10.3. The Kier molecular flexibility index (Phi) is 4.03. The van der Waals surface area contributed by atoms with Crippen molar-refractivity contribution >= 4 is 39.4 Å². The molecule has 2 amide bonds. The fourth-order valence-corrected chi connectivity index (χ4v) is 3.78. The van der Waals surface area contributed by atoms with Crippen molar-refractivity contribution in [1.82, 2.24) is 25.2 Å². The van der Waals surface area contributed by atoms with Crippen LogP contribution in [0.25, 0.3) is 15.7 Å². The second-order valence-corrected chi connectivity index (χ2v) is 7.37. The highest BCUT2D eigenvalue weighted by Crippen LogP contribution is 2.24. The van der Waals surface area contributed by atoms with Crippen LogP contribution in [-0.2, 0) is 16.0 Å². The molecule has 0 atom stereocenters. The van der Waals surface area contributed by atoms with E-state index in [4.69, 9.17) is 0 Å². The van der Waals surface area contributed by atoms with Gasteiger partial charge in [-0.05, 0) is 24.3 Å². The van der Waals surface area contributed by atoms with Crippen molar-refractivity contribution in [2.24, 2.45) is 0 Å². The summed E-state index contributed by atoms with van der Waals surface area (Å²) in [4.78, 5) is 29.7. The maximum Gasteiger partial charge on any atom is 0.309 e. The predicted molar refractivity (Wildman–Crippen MR) is 92.1 cm³/mol. The summed E-state index contributed by atoms with van der Waals surface area (Å²) in [5, 5.41) is 13.8. The Labute approximate surface area is 145 Å². The molecule has 1 saturated carbocycles. The summed E-state index contributed by atoms with van der Waals surface area (Å²) in [6, 6.07) is 4.14. The first kappa shape index (κ1) is 15.3.